The fourth-order valence-electron chi connectivity index (χ4n) is 1.63. The number of aryl methyl sites for hydroxylation is 1. The summed E-state index contributed by atoms with van der Waals surface area (Å²) in [6.45, 7) is 1.55. The fraction of sp³-hybridized carbons (Fsp3) is 0.154. The van der Waals surface area contributed by atoms with Gasteiger partial charge in [0, 0.05) is 16.6 Å². The lowest BCUT2D eigenvalue weighted by Crippen LogP contribution is -2.44. The van der Waals surface area contributed by atoms with E-state index in [4.69, 9.17) is 0 Å². The van der Waals surface area contributed by atoms with Gasteiger partial charge in [-0.2, -0.15) is 0 Å². The maximum absolute atomic E-state index is 11.7. The zero-order valence-electron chi connectivity index (χ0n) is 11.1. The third-order valence-corrected chi connectivity index (χ3v) is 3.58. The van der Waals surface area contributed by atoms with Crippen molar-refractivity contribution in [3.63, 3.8) is 0 Å². The van der Waals surface area contributed by atoms with Crippen LogP contribution in [0.3, 0.4) is 0 Å². The molecular formula is C13H13N3O4S. The Balaban J connectivity index is 1.93. The highest BCUT2D eigenvalue weighted by Crippen LogP contribution is 2.10. The van der Waals surface area contributed by atoms with Crippen LogP contribution in [0, 0.1) is 6.92 Å². The van der Waals surface area contributed by atoms with Crippen molar-refractivity contribution in [3.05, 3.63) is 50.6 Å². The van der Waals surface area contributed by atoms with Gasteiger partial charge >= 0.3 is 4.87 Å². The summed E-state index contributed by atoms with van der Waals surface area (Å²) in [7, 11) is 0. The average molecular weight is 307 g/mol. The predicted molar refractivity (Wildman–Crippen MR) is 77.0 cm³/mol. The lowest BCUT2D eigenvalue weighted by atomic mass is 10.2. The third kappa shape index (κ3) is 3.69. The number of aromatic hydroxyl groups is 1. The van der Waals surface area contributed by atoms with Gasteiger partial charge in [0.05, 0.1) is 0 Å². The topological polar surface area (TPSA) is 100 Å². The highest BCUT2D eigenvalue weighted by atomic mass is 32.1. The summed E-state index contributed by atoms with van der Waals surface area (Å²) in [5.74, 6) is -1.13. The molecule has 21 heavy (non-hydrogen) atoms. The molecule has 2 aromatic rings. The van der Waals surface area contributed by atoms with Crippen LogP contribution in [0.15, 0.2) is 34.4 Å². The molecule has 0 saturated carbocycles. The number of benzene rings is 1. The van der Waals surface area contributed by atoms with E-state index in [1.807, 2.05) is 0 Å². The molecule has 7 nitrogen and oxygen atoms in total. The van der Waals surface area contributed by atoms with Crippen molar-refractivity contribution in [3.8, 4) is 5.75 Å². The van der Waals surface area contributed by atoms with Gasteiger partial charge in [0.25, 0.3) is 11.8 Å². The molecule has 2 rings (SSSR count). The van der Waals surface area contributed by atoms with Crippen LogP contribution in [-0.2, 0) is 11.3 Å². The fourth-order valence-corrected chi connectivity index (χ4v) is 2.36. The van der Waals surface area contributed by atoms with Crippen LogP contribution in [0.25, 0.3) is 0 Å². The van der Waals surface area contributed by atoms with E-state index < -0.39 is 11.8 Å². The van der Waals surface area contributed by atoms with Crippen molar-refractivity contribution >= 4 is 23.2 Å². The average Bonchev–Trinajstić information content (AvgIpc) is 2.76. The van der Waals surface area contributed by atoms with E-state index in [0.717, 1.165) is 11.3 Å². The van der Waals surface area contributed by atoms with Crippen LogP contribution >= 0.6 is 11.3 Å². The van der Waals surface area contributed by atoms with E-state index in [1.165, 1.54) is 28.8 Å². The maximum Gasteiger partial charge on any atom is 0.307 e. The number of hydrogen-bond acceptors (Lipinski definition) is 5. The Morgan fingerprint density at radius 1 is 1.33 bits per heavy atom. The summed E-state index contributed by atoms with van der Waals surface area (Å²) < 4.78 is 1.31. The van der Waals surface area contributed by atoms with Crippen LogP contribution < -0.4 is 15.7 Å². The number of aromatic nitrogens is 1. The van der Waals surface area contributed by atoms with Gasteiger partial charge < -0.3 is 5.11 Å². The summed E-state index contributed by atoms with van der Waals surface area (Å²) in [6, 6.07) is 5.71. The van der Waals surface area contributed by atoms with Crippen LogP contribution in [0.1, 0.15) is 16.1 Å². The van der Waals surface area contributed by atoms with Gasteiger partial charge in [-0.3, -0.25) is 29.8 Å². The van der Waals surface area contributed by atoms with E-state index in [2.05, 4.69) is 10.9 Å². The molecule has 0 aliphatic heterocycles. The standard InChI is InChI=1S/C13H13N3O4S/c1-8-7-21-13(20)16(8)6-11(18)14-15-12(19)9-3-2-4-10(17)5-9/h2-5,7,17H,6H2,1H3,(H,14,18)(H,15,19). The number of hydrazine groups is 1. The van der Waals surface area contributed by atoms with Crippen molar-refractivity contribution in [1.82, 2.24) is 15.4 Å². The molecule has 3 N–H and O–H groups in total. The molecule has 0 bridgehead atoms. The SMILES string of the molecule is Cc1csc(=O)n1CC(=O)NNC(=O)c1cccc(O)c1. The molecule has 110 valence electrons. The van der Waals surface area contributed by atoms with Crippen LogP contribution in [0.4, 0.5) is 0 Å². The van der Waals surface area contributed by atoms with Crippen LogP contribution in [0.5, 0.6) is 5.75 Å². The van der Waals surface area contributed by atoms with Crippen molar-refractivity contribution in [2.45, 2.75) is 13.5 Å². The number of carbonyl (C=O) groups is 2. The molecule has 1 aromatic carbocycles. The molecule has 0 unspecified atom stereocenters. The van der Waals surface area contributed by atoms with E-state index in [0.29, 0.717) is 5.69 Å². The number of phenolic OH excluding ortho intramolecular Hbond substituents is 1. The highest BCUT2D eigenvalue weighted by Gasteiger charge is 2.10. The molecule has 0 radical (unpaired) electrons. The first-order chi connectivity index (χ1) is 9.97. The Morgan fingerprint density at radius 2 is 2.10 bits per heavy atom. The minimum Gasteiger partial charge on any atom is -0.508 e. The summed E-state index contributed by atoms with van der Waals surface area (Å²) >= 11 is 1.01. The minimum absolute atomic E-state index is 0.0468. The zero-order valence-corrected chi connectivity index (χ0v) is 11.9. The van der Waals surface area contributed by atoms with Crippen LogP contribution in [-0.4, -0.2) is 21.5 Å². The molecule has 0 aliphatic rings. The Hall–Kier alpha value is -2.61. The second-order valence-corrected chi connectivity index (χ2v) is 5.10. The van der Waals surface area contributed by atoms with Crippen LogP contribution in [0.2, 0.25) is 0 Å². The lowest BCUT2D eigenvalue weighted by molar-refractivity contribution is -0.122. The molecule has 8 heteroatoms. The Morgan fingerprint density at radius 3 is 2.71 bits per heavy atom. The molecule has 0 atom stereocenters. The van der Waals surface area contributed by atoms with E-state index in [9.17, 15) is 19.5 Å². The molecule has 1 heterocycles. The summed E-state index contributed by atoms with van der Waals surface area (Å²) in [5.41, 5.74) is 5.32. The number of rotatable bonds is 3. The first kappa shape index (κ1) is 14.8. The van der Waals surface area contributed by atoms with Crippen molar-refractivity contribution in [1.29, 1.82) is 0 Å². The maximum atomic E-state index is 11.7. The second-order valence-electron chi connectivity index (χ2n) is 4.28. The molecular weight excluding hydrogens is 294 g/mol. The lowest BCUT2D eigenvalue weighted by Gasteiger charge is -2.08. The molecule has 2 amide bonds. The van der Waals surface area contributed by atoms with Gasteiger partial charge in [-0.05, 0) is 25.1 Å². The molecule has 0 aliphatic carbocycles. The summed E-state index contributed by atoms with van der Waals surface area (Å²) in [4.78, 5) is 34.6. The monoisotopic (exact) mass is 307 g/mol. The first-order valence-electron chi connectivity index (χ1n) is 6.00. The summed E-state index contributed by atoms with van der Waals surface area (Å²) in [6.07, 6.45) is 0. The second kappa shape index (κ2) is 6.23. The summed E-state index contributed by atoms with van der Waals surface area (Å²) in [5, 5.41) is 10.9. The van der Waals surface area contributed by atoms with Crippen molar-refractivity contribution in [2.75, 3.05) is 0 Å². The van der Waals surface area contributed by atoms with Gasteiger partial charge in [0.15, 0.2) is 0 Å². The number of nitrogens with zero attached hydrogens (tertiary/aromatic N) is 1. The smallest absolute Gasteiger partial charge is 0.307 e. The third-order valence-electron chi connectivity index (χ3n) is 2.70. The van der Waals surface area contributed by atoms with Gasteiger partial charge in [-0.15, -0.1) is 0 Å². The van der Waals surface area contributed by atoms with Crippen molar-refractivity contribution < 1.29 is 14.7 Å². The molecule has 1 aromatic heterocycles. The Bertz CT molecular complexity index is 735. The number of nitrogens with one attached hydrogen (secondary N) is 2. The largest absolute Gasteiger partial charge is 0.508 e. The molecule has 0 spiro atoms. The number of phenols is 1. The number of thiazole rings is 1. The van der Waals surface area contributed by atoms with Gasteiger partial charge in [0.2, 0.25) is 0 Å². The highest BCUT2D eigenvalue weighted by molar-refractivity contribution is 7.07. The van der Waals surface area contributed by atoms with E-state index in [-0.39, 0.29) is 22.7 Å². The number of amides is 2. The Labute approximate surface area is 123 Å². The number of carbonyl (C=O) groups excluding carboxylic acids is 2. The molecule has 0 saturated heterocycles. The molecule has 0 fully saturated rings. The number of hydrogen-bond donors (Lipinski definition) is 3. The predicted octanol–water partition coefficient (Wildman–Crippen LogP) is 0.385. The van der Waals surface area contributed by atoms with Gasteiger partial charge in [0.1, 0.15) is 12.3 Å². The Kier molecular flexibility index (Phi) is 4.39. The first-order valence-corrected chi connectivity index (χ1v) is 6.88. The van der Waals surface area contributed by atoms with E-state index in [1.54, 1.807) is 12.3 Å². The van der Waals surface area contributed by atoms with Gasteiger partial charge in [-0.25, -0.2) is 0 Å². The van der Waals surface area contributed by atoms with Crippen molar-refractivity contribution in [2.24, 2.45) is 0 Å². The normalized spacial score (nSPS) is 10.1. The van der Waals surface area contributed by atoms with Gasteiger partial charge in [-0.1, -0.05) is 17.4 Å². The minimum atomic E-state index is -0.561. The zero-order chi connectivity index (χ0) is 15.4. The quantitative estimate of drug-likeness (QED) is 0.714. The van der Waals surface area contributed by atoms with E-state index >= 15 is 0 Å².